The number of ether oxygens (including phenoxy) is 8. The minimum atomic E-state index is 0.546. The minimum Gasteiger partial charge on any atom is -0.497 e. The molecule has 0 amide bonds. The molecule has 2 aliphatic heterocycles. The van der Waals surface area contributed by atoms with E-state index in [4.69, 9.17) is 47.9 Å². The molecule has 0 fully saturated rings. The summed E-state index contributed by atoms with van der Waals surface area (Å²) in [4.78, 5) is 19.8. The van der Waals surface area contributed by atoms with Crippen molar-refractivity contribution < 1.29 is 37.9 Å². The number of nitrogens with one attached hydrogen (secondary N) is 2. The van der Waals surface area contributed by atoms with Crippen molar-refractivity contribution >= 4 is 67.9 Å². The highest BCUT2D eigenvalue weighted by Crippen LogP contribution is 2.47. The highest BCUT2D eigenvalue weighted by Gasteiger charge is 2.25. The fraction of sp³-hybridized carbons (Fsp3) is 0.548. The SMILES string of the molecule is CCCCCCCCCCCOc1cc(-c2c3nc(c(C#Cc4ccc5cc(OC)ccc5c4)c4ccc([nH]4)c(-c4cc(OCCCCCCCCCCC)c(OCCCCCCCCCCC)c(OCCCCCCCCCCC)c4)c4nc(c(C#Cc5ccc6cc(OC)ccc6c5)c5ccc2[nH]5)C=C4)C=C3)cc(OCCCCCCCCCCC)c1OCCCCCCCCCCC. The highest BCUT2D eigenvalue weighted by atomic mass is 16.5. The van der Waals surface area contributed by atoms with Crippen molar-refractivity contribution in [1.82, 2.24) is 19.9 Å². The molecule has 0 radical (unpaired) electrons. The van der Waals surface area contributed by atoms with E-state index in [-0.39, 0.29) is 0 Å². The highest BCUT2D eigenvalue weighted by molar-refractivity contribution is 5.97. The molecule has 9 aromatic rings. The summed E-state index contributed by atoms with van der Waals surface area (Å²) in [5.41, 5.74) is 12.8. The summed E-state index contributed by atoms with van der Waals surface area (Å²) < 4.78 is 54.5. The Kier molecular flexibility index (Phi) is 49.6. The molecule has 2 aliphatic rings. The van der Waals surface area contributed by atoms with Crippen LogP contribution in [-0.2, 0) is 0 Å². The van der Waals surface area contributed by atoms with Gasteiger partial charge in [-0.05, 0) is 193 Å². The van der Waals surface area contributed by atoms with Crippen LogP contribution in [0.4, 0.5) is 0 Å². The number of hydrogen-bond acceptors (Lipinski definition) is 10. The number of fused-ring (bicyclic) bond motifs is 10. The van der Waals surface area contributed by atoms with Gasteiger partial charge < -0.3 is 47.9 Å². The van der Waals surface area contributed by atoms with E-state index in [9.17, 15) is 0 Å². The summed E-state index contributed by atoms with van der Waals surface area (Å²) in [6.45, 7) is 17.1. The van der Waals surface area contributed by atoms with Crippen molar-refractivity contribution in [3.8, 4) is 91.9 Å². The molecule has 12 heteroatoms. The van der Waals surface area contributed by atoms with Crippen LogP contribution in [0.5, 0.6) is 46.0 Å². The first kappa shape index (κ1) is 106. The topological polar surface area (TPSA) is 131 Å². The van der Waals surface area contributed by atoms with E-state index >= 15 is 0 Å². The van der Waals surface area contributed by atoms with E-state index in [0.29, 0.717) is 85.5 Å². The van der Waals surface area contributed by atoms with Crippen LogP contribution < -0.4 is 37.9 Å². The smallest absolute Gasteiger partial charge is 0.203 e. The molecule has 5 heterocycles. The zero-order valence-corrected chi connectivity index (χ0v) is 85.4. The van der Waals surface area contributed by atoms with Gasteiger partial charge in [0, 0.05) is 33.3 Å². The average Bonchev–Trinajstić information content (AvgIpc) is 1.60. The molecule has 8 bridgehead atoms. The Balaban J connectivity index is 1.13. The number of H-pyrrole nitrogens is 2. The molecule has 12 nitrogen and oxygen atoms in total. The molecule has 734 valence electrons. The third-order valence-corrected chi connectivity index (χ3v) is 27.1. The van der Waals surface area contributed by atoms with Crippen molar-refractivity contribution in [3.05, 3.63) is 166 Å². The number of aromatic nitrogens is 4. The summed E-state index contributed by atoms with van der Waals surface area (Å²) >= 11 is 0. The molecule has 0 saturated carbocycles. The van der Waals surface area contributed by atoms with E-state index in [1.54, 1.807) is 14.2 Å². The number of hydrogen-bond donors (Lipinski definition) is 2. The van der Waals surface area contributed by atoms with Gasteiger partial charge in [-0.3, -0.25) is 0 Å². The van der Waals surface area contributed by atoms with Crippen LogP contribution in [0.2, 0.25) is 0 Å². The Bertz CT molecular complexity index is 4950. The number of nitrogens with zero attached hydrogens (tertiary/aromatic N) is 2. The molecule has 0 saturated heterocycles. The average molecular weight is 1840 g/mol. The van der Waals surface area contributed by atoms with Gasteiger partial charge in [0.05, 0.1) is 98.8 Å². The Morgan fingerprint density at radius 3 is 0.735 bits per heavy atom. The zero-order chi connectivity index (χ0) is 94.9. The predicted octanol–water partition coefficient (Wildman–Crippen LogP) is 36.6. The van der Waals surface area contributed by atoms with Crippen molar-refractivity contribution in [2.75, 3.05) is 53.9 Å². The number of aromatic amines is 2. The first-order valence-electron chi connectivity index (χ1n) is 54.7. The van der Waals surface area contributed by atoms with Gasteiger partial charge in [0.1, 0.15) is 11.5 Å². The summed E-state index contributed by atoms with van der Waals surface area (Å²) in [5.74, 6) is 20.7. The molecule has 2 N–H and O–H groups in total. The molecule has 0 aliphatic carbocycles. The van der Waals surface area contributed by atoms with Crippen LogP contribution in [0.3, 0.4) is 0 Å². The number of unbranched alkanes of at least 4 members (excludes halogenated alkanes) is 48. The van der Waals surface area contributed by atoms with Crippen LogP contribution >= 0.6 is 0 Å². The summed E-state index contributed by atoms with van der Waals surface area (Å²) in [5, 5.41) is 4.29. The van der Waals surface area contributed by atoms with E-state index < -0.39 is 0 Å². The largest absolute Gasteiger partial charge is 0.497 e. The van der Waals surface area contributed by atoms with Gasteiger partial charge in [0.2, 0.25) is 11.5 Å². The second kappa shape index (κ2) is 63.5. The normalized spacial score (nSPS) is 11.6. The minimum absolute atomic E-state index is 0.546. The lowest BCUT2D eigenvalue weighted by molar-refractivity contribution is 0.234. The molecule has 6 aromatic carbocycles. The lowest BCUT2D eigenvalue weighted by atomic mass is 10.0. The molecule has 0 unspecified atom stereocenters. The Morgan fingerprint density at radius 1 is 0.228 bits per heavy atom. The first-order valence-corrected chi connectivity index (χ1v) is 54.7. The molecule has 136 heavy (non-hydrogen) atoms. The summed E-state index contributed by atoms with van der Waals surface area (Å²) in [6.07, 6.45) is 74.3. The van der Waals surface area contributed by atoms with Gasteiger partial charge in [-0.2, -0.15) is 0 Å². The van der Waals surface area contributed by atoms with Gasteiger partial charge in [0.25, 0.3) is 0 Å². The van der Waals surface area contributed by atoms with Crippen molar-refractivity contribution in [2.24, 2.45) is 0 Å². The van der Waals surface area contributed by atoms with Gasteiger partial charge in [-0.1, -0.05) is 398 Å². The lowest BCUT2D eigenvalue weighted by Crippen LogP contribution is -2.07. The number of benzene rings is 6. The molecular weight excluding hydrogens is 1670 g/mol. The molecular formula is C124H170N4O8. The van der Waals surface area contributed by atoms with Crippen LogP contribution in [0.1, 0.15) is 433 Å². The Morgan fingerprint density at radius 2 is 0.463 bits per heavy atom. The fourth-order valence-electron chi connectivity index (χ4n) is 18.9. The van der Waals surface area contributed by atoms with Crippen LogP contribution in [0.25, 0.3) is 90.2 Å². The monoisotopic (exact) mass is 1840 g/mol. The standard InChI is InChI=1S/C124H170N4O8/c1-9-15-21-27-33-39-45-51-57-83-131-117-93-103(94-118(132-84-58-52-46-40-34-28-22-16-10-2)123(117)135-87-61-55-49-43-37-31-25-19-13-5)121-113-79-75-109(125-113)107(73-65-97-63-67-101-91-105(129-7)71-69-99(101)89-97)111-77-81-115(127-111)122(116-82-78-112(128-116)108(110-76-80-114(121)126-110)74-66-98-64-68-102-92-106(130-8)72-70-100(102)90-98)104-95-119(133-85-59-53-47-41-35-29-23-17-11-3)124(136-88-62-56-50-44-38-32-26-20-14-6)120(96-104)134-86-60-54-48-42-36-30-24-18-12-4/h63-64,67-72,75-82,89-96,125,128H,9-62,83-88H2,1-8H3. The second-order valence-corrected chi connectivity index (χ2v) is 38.5. The summed E-state index contributed by atoms with van der Waals surface area (Å²) in [7, 11) is 3.43. The molecule has 11 rings (SSSR count). The maximum atomic E-state index is 7.22. The first-order chi connectivity index (χ1) is 67.2. The van der Waals surface area contributed by atoms with Crippen LogP contribution in [-0.4, -0.2) is 73.8 Å². The van der Waals surface area contributed by atoms with E-state index in [0.717, 1.165) is 188 Å². The quantitative estimate of drug-likeness (QED) is 0.0281. The van der Waals surface area contributed by atoms with Gasteiger partial charge in [-0.15, -0.1) is 0 Å². The second-order valence-electron chi connectivity index (χ2n) is 38.5. The maximum Gasteiger partial charge on any atom is 0.203 e. The molecule has 3 aromatic heterocycles. The van der Waals surface area contributed by atoms with Gasteiger partial charge in [0.15, 0.2) is 23.0 Å². The molecule has 0 atom stereocenters. The lowest BCUT2D eigenvalue weighted by Gasteiger charge is -2.19. The van der Waals surface area contributed by atoms with Crippen molar-refractivity contribution in [2.45, 2.75) is 388 Å². The maximum absolute atomic E-state index is 7.22. The van der Waals surface area contributed by atoms with Crippen molar-refractivity contribution in [3.63, 3.8) is 0 Å². The Labute approximate surface area is 821 Å². The zero-order valence-electron chi connectivity index (χ0n) is 85.4. The van der Waals surface area contributed by atoms with Gasteiger partial charge in [-0.25, -0.2) is 9.97 Å². The van der Waals surface area contributed by atoms with E-state index in [2.05, 4.69) is 209 Å². The number of rotatable bonds is 70. The van der Waals surface area contributed by atoms with Crippen LogP contribution in [0, 0.1) is 23.7 Å². The third kappa shape index (κ3) is 36.1. The van der Waals surface area contributed by atoms with Crippen LogP contribution in [0.15, 0.2) is 121 Å². The predicted molar refractivity (Wildman–Crippen MR) is 579 cm³/mol. The number of methoxy groups -OCH3 is 2. The third-order valence-electron chi connectivity index (χ3n) is 27.1. The van der Waals surface area contributed by atoms with E-state index in [1.807, 2.05) is 12.1 Å². The molecule has 0 spiro atoms. The van der Waals surface area contributed by atoms with E-state index in [1.165, 1.54) is 270 Å². The Hall–Kier alpha value is -10.0. The van der Waals surface area contributed by atoms with Gasteiger partial charge >= 0.3 is 0 Å². The fourth-order valence-corrected chi connectivity index (χ4v) is 18.9. The van der Waals surface area contributed by atoms with Crippen molar-refractivity contribution in [1.29, 1.82) is 0 Å². The summed E-state index contributed by atoms with van der Waals surface area (Å²) in [6, 6.07) is 42.7.